The third-order valence-electron chi connectivity index (χ3n) is 1.33. The Bertz CT molecular complexity index is 314. The van der Waals surface area contributed by atoms with Gasteiger partial charge in [0.05, 0.1) is 11.5 Å². The van der Waals surface area contributed by atoms with Crippen LogP contribution >= 0.6 is 11.3 Å². The molecule has 0 aliphatic carbocycles. The summed E-state index contributed by atoms with van der Waals surface area (Å²) in [6, 6.07) is 1.83. The van der Waals surface area contributed by atoms with Gasteiger partial charge >= 0.3 is 5.97 Å². The predicted octanol–water partition coefficient (Wildman–Crippen LogP) is 2.24. The van der Waals surface area contributed by atoms with Gasteiger partial charge in [0.2, 0.25) is 0 Å². The maximum absolute atomic E-state index is 10.2. The molecule has 3 nitrogen and oxygen atoms in total. The molecule has 1 heterocycles. The molecule has 0 saturated carbocycles. The summed E-state index contributed by atoms with van der Waals surface area (Å²) in [6.45, 7) is 2.48. The maximum atomic E-state index is 10.2. The SMILES string of the molecule is CCOc1ccsc1/C=C/C(=O)O. The summed E-state index contributed by atoms with van der Waals surface area (Å²) in [4.78, 5) is 11.1. The third-order valence-corrected chi connectivity index (χ3v) is 2.20. The van der Waals surface area contributed by atoms with Gasteiger partial charge in [0.15, 0.2) is 0 Å². The number of carboxylic acid groups (broad SMARTS) is 1. The van der Waals surface area contributed by atoms with Crippen LogP contribution in [0.15, 0.2) is 17.5 Å². The fourth-order valence-corrected chi connectivity index (χ4v) is 1.58. The van der Waals surface area contributed by atoms with E-state index < -0.39 is 5.97 Å². The van der Waals surface area contributed by atoms with Crippen LogP contribution in [0.3, 0.4) is 0 Å². The molecule has 0 aliphatic rings. The van der Waals surface area contributed by atoms with Gasteiger partial charge in [0.1, 0.15) is 5.75 Å². The topological polar surface area (TPSA) is 46.5 Å². The lowest BCUT2D eigenvalue weighted by atomic mass is 10.4. The van der Waals surface area contributed by atoms with Gasteiger partial charge in [-0.2, -0.15) is 0 Å². The number of ether oxygens (including phenoxy) is 1. The summed E-state index contributed by atoms with van der Waals surface area (Å²) in [5.74, 6) is -0.208. The first-order valence-corrected chi connectivity index (χ1v) is 4.73. The molecule has 0 radical (unpaired) electrons. The summed E-state index contributed by atoms with van der Waals surface area (Å²) >= 11 is 1.46. The number of hydrogen-bond donors (Lipinski definition) is 1. The van der Waals surface area contributed by atoms with Crippen molar-refractivity contribution in [3.63, 3.8) is 0 Å². The minimum absolute atomic E-state index is 0.588. The van der Waals surface area contributed by atoms with Gasteiger partial charge in [0.25, 0.3) is 0 Å². The molecule has 4 heteroatoms. The van der Waals surface area contributed by atoms with Gasteiger partial charge in [-0.05, 0) is 24.4 Å². The van der Waals surface area contributed by atoms with Crippen LogP contribution in [0.2, 0.25) is 0 Å². The van der Waals surface area contributed by atoms with Crippen LogP contribution in [0, 0.1) is 0 Å². The Kier molecular flexibility index (Phi) is 3.52. The highest BCUT2D eigenvalue weighted by Crippen LogP contribution is 2.25. The average Bonchev–Trinajstić information content (AvgIpc) is 2.49. The van der Waals surface area contributed by atoms with Crippen molar-refractivity contribution in [1.82, 2.24) is 0 Å². The number of rotatable bonds is 4. The average molecular weight is 198 g/mol. The van der Waals surface area contributed by atoms with Crippen LogP contribution in [-0.2, 0) is 4.79 Å². The fraction of sp³-hybridized carbons (Fsp3) is 0.222. The molecular weight excluding hydrogens is 188 g/mol. The second-order valence-electron chi connectivity index (χ2n) is 2.25. The number of thiophene rings is 1. The standard InChI is InChI=1S/C9H10O3S/c1-2-12-7-5-6-13-8(7)3-4-9(10)11/h3-6H,2H2,1H3,(H,10,11)/b4-3+. The van der Waals surface area contributed by atoms with Crippen molar-refractivity contribution in [3.8, 4) is 5.75 Å². The predicted molar refractivity (Wildman–Crippen MR) is 52.2 cm³/mol. The molecule has 0 aliphatic heterocycles. The highest BCUT2D eigenvalue weighted by Gasteiger charge is 2.01. The van der Waals surface area contributed by atoms with Crippen molar-refractivity contribution in [1.29, 1.82) is 0 Å². The summed E-state index contributed by atoms with van der Waals surface area (Å²) in [7, 11) is 0. The number of carbonyl (C=O) groups is 1. The van der Waals surface area contributed by atoms with E-state index in [2.05, 4.69) is 0 Å². The van der Waals surface area contributed by atoms with Gasteiger partial charge in [-0.3, -0.25) is 0 Å². The largest absolute Gasteiger partial charge is 0.492 e. The second kappa shape index (κ2) is 4.67. The highest BCUT2D eigenvalue weighted by atomic mass is 32.1. The Labute approximate surface area is 80.3 Å². The quantitative estimate of drug-likeness (QED) is 0.755. The second-order valence-corrected chi connectivity index (χ2v) is 3.20. The number of carboxylic acids is 1. The zero-order valence-corrected chi connectivity index (χ0v) is 8.00. The van der Waals surface area contributed by atoms with Crippen molar-refractivity contribution in [3.05, 3.63) is 22.4 Å². The Morgan fingerprint density at radius 2 is 2.54 bits per heavy atom. The van der Waals surface area contributed by atoms with Crippen LogP contribution in [0.1, 0.15) is 11.8 Å². The van der Waals surface area contributed by atoms with Crippen LogP contribution in [0.4, 0.5) is 0 Å². The Hall–Kier alpha value is -1.29. The molecule has 0 spiro atoms. The van der Waals surface area contributed by atoms with Crippen molar-refractivity contribution in [2.45, 2.75) is 6.92 Å². The normalized spacial score (nSPS) is 10.5. The molecule has 1 N–H and O–H groups in total. The number of aliphatic carboxylic acids is 1. The fourth-order valence-electron chi connectivity index (χ4n) is 0.852. The molecule has 0 amide bonds. The molecule has 1 rings (SSSR count). The van der Waals surface area contributed by atoms with E-state index in [-0.39, 0.29) is 0 Å². The Morgan fingerprint density at radius 3 is 3.15 bits per heavy atom. The molecule has 0 bridgehead atoms. The van der Waals surface area contributed by atoms with Crippen molar-refractivity contribution < 1.29 is 14.6 Å². The van der Waals surface area contributed by atoms with Gasteiger partial charge in [-0.1, -0.05) is 0 Å². The lowest BCUT2D eigenvalue weighted by Gasteiger charge is -1.99. The molecule has 0 atom stereocenters. The van der Waals surface area contributed by atoms with E-state index in [4.69, 9.17) is 9.84 Å². The Balaban J connectivity index is 2.75. The molecule has 0 fully saturated rings. The lowest BCUT2D eigenvalue weighted by Crippen LogP contribution is -1.91. The van der Waals surface area contributed by atoms with Crippen LogP contribution in [0.25, 0.3) is 6.08 Å². The summed E-state index contributed by atoms with van der Waals surface area (Å²) in [5, 5.41) is 10.3. The Morgan fingerprint density at radius 1 is 1.77 bits per heavy atom. The van der Waals surface area contributed by atoms with Crippen LogP contribution in [0.5, 0.6) is 5.75 Å². The zero-order valence-electron chi connectivity index (χ0n) is 7.19. The number of hydrogen-bond acceptors (Lipinski definition) is 3. The molecular formula is C9H10O3S. The van der Waals surface area contributed by atoms with E-state index in [1.165, 1.54) is 17.4 Å². The molecule has 1 aromatic rings. The van der Waals surface area contributed by atoms with E-state index in [1.807, 2.05) is 18.4 Å². The van der Waals surface area contributed by atoms with Crippen LogP contribution in [-0.4, -0.2) is 17.7 Å². The van der Waals surface area contributed by atoms with E-state index in [1.54, 1.807) is 0 Å². The molecule has 0 unspecified atom stereocenters. The zero-order chi connectivity index (χ0) is 9.68. The van der Waals surface area contributed by atoms with Crippen molar-refractivity contribution in [2.75, 3.05) is 6.61 Å². The van der Waals surface area contributed by atoms with E-state index in [9.17, 15) is 4.79 Å². The minimum atomic E-state index is -0.948. The van der Waals surface area contributed by atoms with Gasteiger partial charge < -0.3 is 9.84 Å². The molecule has 70 valence electrons. The van der Waals surface area contributed by atoms with Gasteiger partial charge in [-0.15, -0.1) is 11.3 Å². The summed E-state index contributed by atoms with van der Waals surface area (Å²) in [6.07, 6.45) is 2.65. The maximum Gasteiger partial charge on any atom is 0.328 e. The summed E-state index contributed by atoms with van der Waals surface area (Å²) in [5.41, 5.74) is 0. The monoisotopic (exact) mass is 198 g/mol. The van der Waals surface area contributed by atoms with Crippen molar-refractivity contribution >= 4 is 23.4 Å². The first-order chi connectivity index (χ1) is 6.24. The van der Waals surface area contributed by atoms with E-state index >= 15 is 0 Å². The first-order valence-electron chi connectivity index (χ1n) is 3.85. The molecule has 0 aromatic carbocycles. The highest BCUT2D eigenvalue weighted by molar-refractivity contribution is 7.11. The van der Waals surface area contributed by atoms with Gasteiger partial charge in [-0.25, -0.2) is 4.79 Å². The minimum Gasteiger partial charge on any atom is -0.492 e. The van der Waals surface area contributed by atoms with Gasteiger partial charge in [0, 0.05) is 6.08 Å². The van der Waals surface area contributed by atoms with Crippen LogP contribution < -0.4 is 4.74 Å². The third kappa shape index (κ3) is 2.91. The molecule has 13 heavy (non-hydrogen) atoms. The smallest absolute Gasteiger partial charge is 0.328 e. The lowest BCUT2D eigenvalue weighted by molar-refractivity contribution is -0.131. The summed E-state index contributed by atoms with van der Waals surface area (Å²) < 4.78 is 5.28. The molecule has 1 aromatic heterocycles. The van der Waals surface area contributed by atoms with Crippen molar-refractivity contribution in [2.24, 2.45) is 0 Å². The molecule has 0 saturated heterocycles. The van der Waals surface area contributed by atoms with E-state index in [0.717, 1.165) is 16.7 Å². The van der Waals surface area contributed by atoms with E-state index in [0.29, 0.717) is 6.61 Å². The first kappa shape index (κ1) is 9.80.